The molecule has 6 rings (SSSR count). The zero-order valence-corrected chi connectivity index (χ0v) is 33.7. The van der Waals surface area contributed by atoms with E-state index >= 15 is 0 Å². The van der Waals surface area contributed by atoms with E-state index in [1.54, 1.807) is 48.7 Å². The van der Waals surface area contributed by atoms with E-state index in [2.05, 4.69) is 78.3 Å². The van der Waals surface area contributed by atoms with E-state index in [-0.39, 0.29) is 18.3 Å². The van der Waals surface area contributed by atoms with Gasteiger partial charge in [0.05, 0.1) is 29.5 Å². The van der Waals surface area contributed by atoms with Crippen molar-refractivity contribution in [3.63, 3.8) is 0 Å². The minimum atomic E-state index is -0.0136. The molecule has 290 valence electrons. The Bertz CT molecular complexity index is 2070. The van der Waals surface area contributed by atoms with Crippen LogP contribution in [0.1, 0.15) is 65.1 Å². The van der Waals surface area contributed by atoms with Crippen LogP contribution in [0.5, 0.6) is 23.1 Å². The average Bonchev–Trinajstić information content (AvgIpc) is 3.21. The summed E-state index contributed by atoms with van der Waals surface area (Å²) in [5.41, 5.74) is 7.11. The third-order valence-electron chi connectivity index (χ3n) is 9.61. The first-order chi connectivity index (χ1) is 26.7. The molecule has 1 aliphatic rings. The monoisotopic (exact) mass is 790 g/mol. The molecule has 0 saturated carbocycles. The Balaban J connectivity index is 0.00000600. The predicted molar refractivity (Wildman–Crippen MR) is 225 cm³/mol. The first-order valence-electron chi connectivity index (χ1n) is 18.8. The smallest absolute Gasteiger partial charge is 0.246 e. The number of pyridine rings is 1. The molecule has 1 saturated heterocycles. The SMILES string of the molecule is Cc1cc(/C=C/C(=O)N2CCN(Cc3ccc(CCCOc4ccc(C(C)C)cc4)cc3)CC2)cc(Cl)c1Oc1ccc(OCc2ccc(C#N)cc2)cn1.Cl. The minimum absolute atomic E-state index is 0. The first-order valence-corrected chi connectivity index (χ1v) is 19.2. The van der Waals surface area contributed by atoms with Crippen LogP contribution in [0.2, 0.25) is 5.02 Å². The van der Waals surface area contributed by atoms with Gasteiger partial charge in [-0.1, -0.05) is 74.0 Å². The third kappa shape index (κ3) is 12.1. The van der Waals surface area contributed by atoms with Gasteiger partial charge >= 0.3 is 0 Å². The maximum absolute atomic E-state index is 13.1. The summed E-state index contributed by atoms with van der Waals surface area (Å²) >= 11 is 6.63. The van der Waals surface area contributed by atoms with Crippen molar-refractivity contribution >= 4 is 36.0 Å². The second kappa shape index (κ2) is 20.5. The van der Waals surface area contributed by atoms with Crippen LogP contribution in [0.4, 0.5) is 0 Å². The lowest BCUT2D eigenvalue weighted by atomic mass is 10.0. The van der Waals surface area contributed by atoms with Gasteiger partial charge in [-0.05, 0) is 108 Å². The van der Waals surface area contributed by atoms with E-state index in [4.69, 9.17) is 31.1 Å². The molecule has 56 heavy (non-hydrogen) atoms. The van der Waals surface area contributed by atoms with E-state index in [1.807, 2.05) is 30.0 Å². The zero-order valence-electron chi connectivity index (χ0n) is 32.1. The number of carbonyl (C=O) groups is 1. The van der Waals surface area contributed by atoms with Crippen molar-refractivity contribution in [3.8, 4) is 29.2 Å². The van der Waals surface area contributed by atoms with Gasteiger partial charge in [0.2, 0.25) is 11.8 Å². The van der Waals surface area contributed by atoms with Gasteiger partial charge in [-0.15, -0.1) is 12.4 Å². The van der Waals surface area contributed by atoms with Crippen molar-refractivity contribution in [1.29, 1.82) is 5.26 Å². The topological polar surface area (TPSA) is 87.9 Å². The van der Waals surface area contributed by atoms with E-state index in [0.717, 1.165) is 54.9 Å². The lowest BCUT2D eigenvalue weighted by molar-refractivity contribution is -0.127. The predicted octanol–water partition coefficient (Wildman–Crippen LogP) is 10.2. The maximum Gasteiger partial charge on any atom is 0.246 e. The Hall–Kier alpha value is -5.33. The summed E-state index contributed by atoms with van der Waals surface area (Å²) in [6.45, 7) is 11.2. The van der Waals surface area contributed by atoms with E-state index in [9.17, 15) is 4.79 Å². The highest BCUT2D eigenvalue weighted by Crippen LogP contribution is 2.34. The van der Waals surface area contributed by atoms with Crippen LogP contribution in [0.3, 0.4) is 0 Å². The molecule has 0 bridgehead atoms. The molecular weight excluding hydrogens is 743 g/mol. The molecule has 1 amide bonds. The number of piperazine rings is 1. The molecule has 2 heterocycles. The molecule has 4 aromatic carbocycles. The Morgan fingerprint density at radius 3 is 2.20 bits per heavy atom. The van der Waals surface area contributed by atoms with Crippen LogP contribution in [-0.4, -0.2) is 53.5 Å². The summed E-state index contributed by atoms with van der Waals surface area (Å²) in [5, 5.41) is 9.39. The third-order valence-corrected chi connectivity index (χ3v) is 9.89. The van der Waals surface area contributed by atoms with Gasteiger partial charge < -0.3 is 19.1 Å². The molecule has 0 radical (unpaired) electrons. The number of hydrogen-bond acceptors (Lipinski definition) is 7. The zero-order chi connectivity index (χ0) is 38.6. The summed E-state index contributed by atoms with van der Waals surface area (Å²) in [5.74, 6) is 2.91. The van der Waals surface area contributed by atoms with E-state index in [1.165, 1.54) is 16.7 Å². The number of carbonyl (C=O) groups excluding carboxylic acids is 1. The van der Waals surface area contributed by atoms with Crippen LogP contribution in [0.15, 0.2) is 109 Å². The lowest BCUT2D eigenvalue weighted by Crippen LogP contribution is -2.47. The molecule has 0 aliphatic carbocycles. The minimum Gasteiger partial charge on any atom is -0.494 e. The summed E-state index contributed by atoms with van der Waals surface area (Å²) in [7, 11) is 0. The number of rotatable bonds is 15. The van der Waals surface area contributed by atoms with Crippen molar-refractivity contribution in [2.45, 2.75) is 52.7 Å². The highest BCUT2D eigenvalue weighted by Gasteiger charge is 2.20. The number of amides is 1. The van der Waals surface area contributed by atoms with Crippen molar-refractivity contribution < 1.29 is 19.0 Å². The van der Waals surface area contributed by atoms with Crippen molar-refractivity contribution in [3.05, 3.63) is 153 Å². The molecule has 0 spiro atoms. The molecule has 10 heteroatoms. The van der Waals surface area contributed by atoms with Gasteiger partial charge in [-0.25, -0.2) is 4.98 Å². The molecule has 8 nitrogen and oxygen atoms in total. The van der Waals surface area contributed by atoms with Crippen LogP contribution in [0.25, 0.3) is 6.08 Å². The van der Waals surface area contributed by atoms with Crippen molar-refractivity contribution in [1.82, 2.24) is 14.8 Å². The van der Waals surface area contributed by atoms with Crippen molar-refractivity contribution in [2.24, 2.45) is 0 Å². The normalized spacial score (nSPS) is 13.0. The van der Waals surface area contributed by atoms with Crippen LogP contribution in [-0.2, 0) is 24.4 Å². The van der Waals surface area contributed by atoms with Gasteiger partial charge in [0, 0.05) is 44.9 Å². The fourth-order valence-corrected chi connectivity index (χ4v) is 6.64. The average molecular weight is 792 g/mol. The van der Waals surface area contributed by atoms with Gasteiger partial charge in [0.15, 0.2) is 5.75 Å². The highest BCUT2D eigenvalue weighted by atomic mass is 35.5. The van der Waals surface area contributed by atoms with Gasteiger partial charge in [-0.2, -0.15) is 5.26 Å². The van der Waals surface area contributed by atoms with Gasteiger partial charge in [0.1, 0.15) is 18.1 Å². The number of nitrogens with zero attached hydrogens (tertiary/aromatic N) is 4. The van der Waals surface area contributed by atoms with E-state index < -0.39 is 0 Å². The number of hydrogen-bond donors (Lipinski definition) is 0. The molecule has 0 unspecified atom stereocenters. The standard InChI is InChI=1S/C46H47ClN4O4.ClH/c1-33(2)40-15-17-41(18-16-40)53-26-4-5-35-6-10-37(11-7-35)31-50-22-24-51(25-23-50)45(52)21-14-39-27-34(3)46(43(47)28-39)55-44-20-19-42(30-49-44)54-32-38-12-8-36(29-48)9-13-38;/h6-21,27-28,30,33H,4-5,22-26,31-32H2,1-3H3;1H/b21-14+;. The summed E-state index contributed by atoms with van der Waals surface area (Å²) in [6, 6.07) is 33.8. The van der Waals surface area contributed by atoms with Gasteiger partial charge in [-0.3, -0.25) is 9.69 Å². The second-order valence-electron chi connectivity index (χ2n) is 14.1. The molecular formula is C46H48Cl2N4O4. The number of ether oxygens (including phenoxy) is 3. The Labute approximate surface area is 341 Å². The highest BCUT2D eigenvalue weighted by molar-refractivity contribution is 6.32. The van der Waals surface area contributed by atoms with E-state index in [0.29, 0.717) is 60.2 Å². The molecule has 0 N–H and O–H groups in total. The summed E-state index contributed by atoms with van der Waals surface area (Å²) < 4.78 is 17.8. The Morgan fingerprint density at radius 2 is 1.55 bits per heavy atom. The maximum atomic E-state index is 13.1. The van der Waals surface area contributed by atoms with Crippen LogP contribution >= 0.6 is 24.0 Å². The summed E-state index contributed by atoms with van der Waals surface area (Å²) in [4.78, 5) is 21.7. The first kappa shape index (κ1) is 41.8. The molecule has 1 aliphatic heterocycles. The number of aromatic nitrogens is 1. The van der Waals surface area contributed by atoms with Gasteiger partial charge in [0.25, 0.3) is 0 Å². The van der Waals surface area contributed by atoms with Crippen LogP contribution in [0, 0.1) is 18.3 Å². The number of aryl methyl sites for hydroxylation is 2. The van der Waals surface area contributed by atoms with Crippen LogP contribution < -0.4 is 14.2 Å². The molecule has 1 fully saturated rings. The molecule has 0 atom stereocenters. The quantitative estimate of drug-likeness (QED) is 0.0771. The number of nitriles is 1. The second-order valence-corrected chi connectivity index (χ2v) is 14.5. The number of halogens is 2. The Morgan fingerprint density at radius 1 is 0.875 bits per heavy atom. The molecule has 5 aromatic rings. The lowest BCUT2D eigenvalue weighted by Gasteiger charge is -2.34. The summed E-state index contributed by atoms with van der Waals surface area (Å²) in [6.07, 6.45) is 6.96. The number of benzene rings is 4. The Kier molecular flexibility index (Phi) is 15.3. The fourth-order valence-electron chi connectivity index (χ4n) is 6.33. The fraction of sp³-hybridized carbons (Fsp3) is 0.283. The largest absolute Gasteiger partial charge is 0.494 e. The van der Waals surface area contributed by atoms with Crippen molar-refractivity contribution in [2.75, 3.05) is 32.8 Å². The molecule has 1 aromatic heterocycles.